The molecule has 176 valence electrons. The Labute approximate surface area is 202 Å². The molecule has 0 saturated carbocycles. The van der Waals surface area contributed by atoms with Crippen molar-refractivity contribution in [2.24, 2.45) is 4.99 Å². The molecule has 3 saturated heterocycles. The Kier molecular flexibility index (Phi) is 11.7. The number of piperidine rings is 3. The van der Waals surface area contributed by atoms with E-state index in [1.165, 1.54) is 90.5 Å². The quantitative estimate of drug-likeness (QED) is 0.299. The molecule has 3 fully saturated rings. The van der Waals surface area contributed by atoms with Gasteiger partial charge in [-0.05, 0) is 84.7 Å². The number of hydrogen-bond donors (Lipinski definition) is 2. The molecule has 0 bridgehead atoms. The highest BCUT2D eigenvalue weighted by Crippen LogP contribution is 2.30. The maximum Gasteiger partial charge on any atom is 0.191 e. The largest absolute Gasteiger partial charge is 0.355 e. The highest BCUT2D eigenvalue weighted by molar-refractivity contribution is 14.0. The molecule has 0 aromatic carbocycles. The Morgan fingerprint density at radius 2 is 1.67 bits per heavy atom. The number of rotatable bonds is 7. The summed E-state index contributed by atoms with van der Waals surface area (Å²) in [7, 11) is 4.17. The molecule has 0 amide bonds. The zero-order valence-electron chi connectivity index (χ0n) is 19.8. The lowest BCUT2D eigenvalue weighted by atomic mass is 9.84. The van der Waals surface area contributed by atoms with Crippen LogP contribution < -0.4 is 10.6 Å². The molecule has 30 heavy (non-hydrogen) atoms. The third-order valence-corrected chi connectivity index (χ3v) is 7.66. The van der Waals surface area contributed by atoms with E-state index in [2.05, 4.69) is 44.3 Å². The van der Waals surface area contributed by atoms with Crippen molar-refractivity contribution in [2.75, 3.05) is 66.5 Å². The van der Waals surface area contributed by atoms with Crippen LogP contribution in [0, 0.1) is 0 Å². The fourth-order valence-electron chi connectivity index (χ4n) is 5.61. The van der Waals surface area contributed by atoms with E-state index in [-0.39, 0.29) is 24.0 Å². The highest BCUT2D eigenvalue weighted by atomic mass is 127. The Morgan fingerprint density at radius 1 is 0.967 bits per heavy atom. The Bertz CT molecular complexity index is 500. The van der Waals surface area contributed by atoms with Gasteiger partial charge in [-0.1, -0.05) is 19.8 Å². The van der Waals surface area contributed by atoms with E-state index in [9.17, 15) is 0 Å². The number of guanidine groups is 1. The third kappa shape index (κ3) is 7.20. The molecule has 0 aliphatic carbocycles. The van der Waals surface area contributed by atoms with Crippen LogP contribution in [-0.4, -0.2) is 98.7 Å². The SMILES string of the molecule is CCC1CCCCN1CCNC(=NC)NCC1(N2CCCCC2)CCN(C)CC1.I. The van der Waals surface area contributed by atoms with Crippen molar-refractivity contribution in [3.63, 3.8) is 0 Å². The van der Waals surface area contributed by atoms with E-state index in [0.717, 1.165) is 31.6 Å². The van der Waals surface area contributed by atoms with Gasteiger partial charge in [0.2, 0.25) is 0 Å². The molecule has 2 N–H and O–H groups in total. The predicted molar refractivity (Wildman–Crippen MR) is 139 cm³/mol. The first-order valence-electron chi connectivity index (χ1n) is 12.3. The summed E-state index contributed by atoms with van der Waals surface area (Å²) in [4.78, 5) is 12.5. The summed E-state index contributed by atoms with van der Waals surface area (Å²) in [6.07, 6.45) is 12.1. The van der Waals surface area contributed by atoms with E-state index in [4.69, 9.17) is 0 Å². The van der Waals surface area contributed by atoms with Crippen LogP contribution >= 0.6 is 24.0 Å². The van der Waals surface area contributed by atoms with Crippen LogP contribution in [0.3, 0.4) is 0 Å². The molecular formula is C23H47IN6. The summed E-state index contributed by atoms with van der Waals surface area (Å²) in [6, 6.07) is 0.780. The van der Waals surface area contributed by atoms with Gasteiger partial charge in [0.1, 0.15) is 0 Å². The normalized spacial score (nSPS) is 26.8. The molecule has 1 unspecified atom stereocenters. The van der Waals surface area contributed by atoms with Gasteiger partial charge in [0.25, 0.3) is 0 Å². The van der Waals surface area contributed by atoms with Crippen LogP contribution in [0.15, 0.2) is 4.99 Å². The number of halogens is 1. The van der Waals surface area contributed by atoms with Gasteiger partial charge in [-0.25, -0.2) is 0 Å². The van der Waals surface area contributed by atoms with E-state index in [1.54, 1.807) is 0 Å². The number of hydrogen-bond acceptors (Lipinski definition) is 4. The topological polar surface area (TPSA) is 46.1 Å². The van der Waals surface area contributed by atoms with Crippen LogP contribution in [0.5, 0.6) is 0 Å². The van der Waals surface area contributed by atoms with Crippen molar-refractivity contribution < 1.29 is 0 Å². The molecule has 3 rings (SSSR count). The molecule has 6 nitrogen and oxygen atoms in total. The molecule has 0 spiro atoms. The van der Waals surface area contributed by atoms with Crippen molar-refractivity contribution in [1.82, 2.24) is 25.3 Å². The van der Waals surface area contributed by atoms with Gasteiger partial charge in [-0.15, -0.1) is 24.0 Å². The molecular weight excluding hydrogens is 487 g/mol. The number of nitrogens with one attached hydrogen (secondary N) is 2. The molecule has 1 atom stereocenters. The molecule has 7 heteroatoms. The van der Waals surface area contributed by atoms with Crippen molar-refractivity contribution in [3.05, 3.63) is 0 Å². The first-order chi connectivity index (χ1) is 14.2. The van der Waals surface area contributed by atoms with Gasteiger partial charge in [-0.3, -0.25) is 14.8 Å². The minimum atomic E-state index is 0. The van der Waals surface area contributed by atoms with E-state index < -0.39 is 0 Å². The van der Waals surface area contributed by atoms with Gasteiger partial charge in [0, 0.05) is 38.3 Å². The molecule has 3 aliphatic heterocycles. The van der Waals surface area contributed by atoms with Gasteiger partial charge < -0.3 is 15.5 Å². The maximum atomic E-state index is 4.53. The van der Waals surface area contributed by atoms with Crippen LogP contribution in [-0.2, 0) is 0 Å². The summed E-state index contributed by atoms with van der Waals surface area (Å²) in [5, 5.41) is 7.31. The minimum Gasteiger partial charge on any atom is -0.355 e. The molecule has 3 heterocycles. The lowest BCUT2D eigenvalue weighted by Crippen LogP contribution is -2.62. The maximum absolute atomic E-state index is 4.53. The van der Waals surface area contributed by atoms with Gasteiger partial charge in [0.05, 0.1) is 0 Å². The number of likely N-dealkylation sites (tertiary alicyclic amines) is 3. The molecule has 0 aromatic heterocycles. The van der Waals surface area contributed by atoms with E-state index >= 15 is 0 Å². The van der Waals surface area contributed by atoms with E-state index in [0.29, 0.717) is 5.54 Å². The number of aliphatic imine (C=N–C) groups is 1. The second-order valence-corrected chi connectivity index (χ2v) is 9.52. The fraction of sp³-hybridized carbons (Fsp3) is 0.957. The van der Waals surface area contributed by atoms with Crippen molar-refractivity contribution in [2.45, 2.75) is 76.3 Å². The Morgan fingerprint density at radius 3 is 2.33 bits per heavy atom. The summed E-state index contributed by atoms with van der Waals surface area (Å²) in [5.41, 5.74) is 0.296. The molecule has 3 aliphatic rings. The lowest BCUT2D eigenvalue weighted by Gasteiger charge is -2.50. The minimum absolute atomic E-state index is 0. The summed E-state index contributed by atoms with van der Waals surface area (Å²) < 4.78 is 0. The summed E-state index contributed by atoms with van der Waals surface area (Å²) >= 11 is 0. The van der Waals surface area contributed by atoms with Crippen molar-refractivity contribution >= 4 is 29.9 Å². The monoisotopic (exact) mass is 534 g/mol. The lowest BCUT2D eigenvalue weighted by molar-refractivity contribution is 0.0173. The summed E-state index contributed by atoms with van der Waals surface area (Å²) in [6.45, 7) is 11.7. The average Bonchev–Trinajstić information content (AvgIpc) is 2.78. The number of nitrogens with zero attached hydrogens (tertiary/aromatic N) is 4. The smallest absolute Gasteiger partial charge is 0.191 e. The van der Waals surface area contributed by atoms with Crippen LogP contribution in [0.25, 0.3) is 0 Å². The van der Waals surface area contributed by atoms with Crippen molar-refractivity contribution in [1.29, 1.82) is 0 Å². The van der Waals surface area contributed by atoms with E-state index in [1.807, 2.05) is 7.05 Å². The predicted octanol–water partition coefficient (Wildman–Crippen LogP) is 2.98. The van der Waals surface area contributed by atoms with Gasteiger partial charge in [0.15, 0.2) is 5.96 Å². The highest BCUT2D eigenvalue weighted by Gasteiger charge is 2.39. The zero-order valence-corrected chi connectivity index (χ0v) is 22.1. The van der Waals surface area contributed by atoms with Gasteiger partial charge >= 0.3 is 0 Å². The average molecular weight is 535 g/mol. The van der Waals surface area contributed by atoms with Crippen molar-refractivity contribution in [3.8, 4) is 0 Å². The van der Waals surface area contributed by atoms with Gasteiger partial charge in [-0.2, -0.15) is 0 Å². The first kappa shape index (κ1) is 26.1. The first-order valence-corrected chi connectivity index (χ1v) is 12.3. The van der Waals surface area contributed by atoms with Crippen LogP contribution in [0.4, 0.5) is 0 Å². The second kappa shape index (κ2) is 13.4. The van der Waals surface area contributed by atoms with Crippen LogP contribution in [0.2, 0.25) is 0 Å². The Balaban J connectivity index is 0.00000320. The van der Waals surface area contributed by atoms with Crippen LogP contribution in [0.1, 0.15) is 64.7 Å². The zero-order chi connectivity index (χ0) is 20.5. The standard InChI is InChI=1S/C23H46N6.HI/c1-4-21-10-6-9-14-28(21)19-13-25-22(24-2)26-20-23(11-17-27(3)18-12-23)29-15-7-5-8-16-29;/h21H,4-20H2,1-3H3,(H2,24,25,26);1H. The molecule has 0 radical (unpaired) electrons. The summed E-state index contributed by atoms with van der Waals surface area (Å²) in [5.74, 6) is 0.977. The Hall–Kier alpha value is -0.120. The third-order valence-electron chi connectivity index (χ3n) is 7.66. The fourth-order valence-corrected chi connectivity index (χ4v) is 5.61. The molecule has 0 aromatic rings. The second-order valence-electron chi connectivity index (χ2n) is 9.52.